The molecule has 3 aromatic rings. The lowest BCUT2D eigenvalue weighted by Crippen LogP contribution is -2.49. The molecule has 2 aromatic carbocycles. The summed E-state index contributed by atoms with van der Waals surface area (Å²) in [5.41, 5.74) is 1.04. The summed E-state index contributed by atoms with van der Waals surface area (Å²) in [6.45, 7) is 2.95. The number of rotatable bonds is 6. The van der Waals surface area contributed by atoms with Crippen molar-refractivity contribution < 1.29 is 17.2 Å². The Morgan fingerprint density at radius 3 is 2.40 bits per heavy atom. The fraction of sp³-hybridized carbons (Fsp3) is 0.286. The SMILES string of the molecule is O=S(=O)(c1cc(F)ccc1F)N1CCN(CCn2ccnc2-c2ccccc2)CC1. The molecule has 0 N–H and O–H groups in total. The summed E-state index contributed by atoms with van der Waals surface area (Å²) in [6.07, 6.45) is 3.69. The smallest absolute Gasteiger partial charge is 0.246 e. The Hall–Kier alpha value is -2.62. The van der Waals surface area contributed by atoms with Crippen molar-refractivity contribution in [3.05, 3.63) is 72.6 Å². The van der Waals surface area contributed by atoms with E-state index in [2.05, 4.69) is 14.5 Å². The number of imidazole rings is 1. The van der Waals surface area contributed by atoms with Crippen molar-refractivity contribution in [3.63, 3.8) is 0 Å². The zero-order valence-electron chi connectivity index (χ0n) is 16.3. The Labute approximate surface area is 174 Å². The summed E-state index contributed by atoms with van der Waals surface area (Å²) < 4.78 is 56.1. The van der Waals surface area contributed by atoms with Gasteiger partial charge in [-0.05, 0) is 18.2 Å². The quantitative estimate of drug-likeness (QED) is 0.601. The molecule has 0 atom stereocenters. The molecule has 1 fully saturated rings. The molecule has 0 bridgehead atoms. The number of sulfonamides is 1. The standard InChI is InChI=1S/C21H22F2N4O2S/c22-18-6-7-19(23)20(16-18)30(28,29)27-14-11-25(12-15-27)10-13-26-9-8-24-21(26)17-4-2-1-3-5-17/h1-9,16H,10-15H2. The summed E-state index contributed by atoms with van der Waals surface area (Å²) in [7, 11) is -4.06. The van der Waals surface area contributed by atoms with Gasteiger partial charge < -0.3 is 4.57 Å². The van der Waals surface area contributed by atoms with E-state index in [0.717, 1.165) is 42.7 Å². The van der Waals surface area contributed by atoms with Gasteiger partial charge in [-0.3, -0.25) is 4.90 Å². The highest BCUT2D eigenvalue weighted by Crippen LogP contribution is 2.22. The summed E-state index contributed by atoms with van der Waals surface area (Å²) in [4.78, 5) is 5.98. The molecule has 6 nitrogen and oxygen atoms in total. The molecule has 2 heterocycles. The topological polar surface area (TPSA) is 58.4 Å². The van der Waals surface area contributed by atoms with E-state index in [1.54, 1.807) is 6.20 Å². The summed E-state index contributed by atoms with van der Waals surface area (Å²) in [6, 6.07) is 12.4. The third-order valence-electron chi connectivity index (χ3n) is 5.25. The maximum Gasteiger partial charge on any atom is 0.246 e. The molecule has 9 heteroatoms. The molecule has 0 unspecified atom stereocenters. The number of halogens is 2. The third kappa shape index (κ3) is 4.28. The van der Waals surface area contributed by atoms with Crippen molar-refractivity contribution in [1.29, 1.82) is 0 Å². The van der Waals surface area contributed by atoms with Gasteiger partial charge in [0.1, 0.15) is 22.4 Å². The Morgan fingerprint density at radius 2 is 1.67 bits per heavy atom. The number of nitrogens with zero attached hydrogens (tertiary/aromatic N) is 4. The lowest BCUT2D eigenvalue weighted by molar-refractivity contribution is 0.183. The lowest BCUT2D eigenvalue weighted by Gasteiger charge is -2.34. The van der Waals surface area contributed by atoms with Crippen molar-refractivity contribution >= 4 is 10.0 Å². The third-order valence-corrected chi connectivity index (χ3v) is 7.16. The van der Waals surface area contributed by atoms with Crippen LogP contribution < -0.4 is 0 Å². The molecule has 158 valence electrons. The summed E-state index contributed by atoms with van der Waals surface area (Å²) in [5.74, 6) is -0.825. The molecule has 4 rings (SSSR count). The van der Waals surface area contributed by atoms with Crippen LogP contribution in [0, 0.1) is 11.6 Å². The van der Waals surface area contributed by atoms with Crippen molar-refractivity contribution in [2.75, 3.05) is 32.7 Å². The van der Waals surface area contributed by atoms with Crippen LogP contribution in [0.25, 0.3) is 11.4 Å². The van der Waals surface area contributed by atoms with Gasteiger partial charge in [0, 0.05) is 57.2 Å². The molecule has 0 saturated carbocycles. The van der Waals surface area contributed by atoms with E-state index in [4.69, 9.17) is 0 Å². The average Bonchev–Trinajstić information content (AvgIpc) is 3.23. The van der Waals surface area contributed by atoms with Gasteiger partial charge in [-0.15, -0.1) is 0 Å². The van der Waals surface area contributed by atoms with Gasteiger partial charge in [-0.1, -0.05) is 30.3 Å². The maximum absolute atomic E-state index is 14.0. The fourth-order valence-corrected chi connectivity index (χ4v) is 5.09. The van der Waals surface area contributed by atoms with Crippen LogP contribution in [0.2, 0.25) is 0 Å². The van der Waals surface area contributed by atoms with Crippen LogP contribution in [-0.2, 0) is 16.6 Å². The second-order valence-electron chi connectivity index (χ2n) is 7.13. The molecule has 1 aliphatic heterocycles. The predicted octanol–water partition coefficient (Wildman–Crippen LogP) is 2.83. The van der Waals surface area contributed by atoms with Gasteiger partial charge in [-0.25, -0.2) is 22.2 Å². The number of piperazine rings is 1. The molecule has 0 aliphatic carbocycles. The zero-order chi connectivity index (χ0) is 21.1. The zero-order valence-corrected chi connectivity index (χ0v) is 17.1. The van der Waals surface area contributed by atoms with E-state index < -0.39 is 26.6 Å². The van der Waals surface area contributed by atoms with Gasteiger partial charge >= 0.3 is 0 Å². The second kappa shape index (κ2) is 8.63. The van der Waals surface area contributed by atoms with Crippen molar-refractivity contribution in [2.24, 2.45) is 0 Å². The first-order valence-corrected chi connectivity index (χ1v) is 11.1. The molecule has 1 aromatic heterocycles. The van der Waals surface area contributed by atoms with Gasteiger partial charge in [0.15, 0.2) is 0 Å². The van der Waals surface area contributed by atoms with Crippen LogP contribution in [0.5, 0.6) is 0 Å². The van der Waals surface area contributed by atoms with Crippen LogP contribution in [-0.4, -0.2) is 59.9 Å². The van der Waals surface area contributed by atoms with Crippen molar-refractivity contribution in [2.45, 2.75) is 11.4 Å². The molecular formula is C21H22F2N4O2S. The van der Waals surface area contributed by atoms with E-state index in [0.29, 0.717) is 13.1 Å². The first kappa shape index (κ1) is 20.6. The number of benzene rings is 2. The van der Waals surface area contributed by atoms with Crippen molar-refractivity contribution in [3.8, 4) is 11.4 Å². The normalized spacial score (nSPS) is 16.1. The van der Waals surface area contributed by atoms with Gasteiger partial charge in [0.05, 0.1) is 0 Å². The van der Waals surface area contributed by atoms with E-state index in [-0.39, 0.29) is 13.1 Å². The highest BCUT2D eigenvalue weighted by atomic mass is 32.2. The highest BCUT2D eigenvalue weighted by Gasteiger charge is 2.31. The minimum atomic E-state index is -4.06. The van der Waals surface area contributed by atoms with E-state index >= 15 is 0 Å². The van der Waals surface area contributed by atoms with Gasteiger partial charge in [-0.2, -0.15) is 4.31 Å². The molecule has 30 heavy (non-hydrogen) atoms. The highest BCUT2D eigenvalue weighted by molar-refractivity contribution is 7.89. The van der Waals surface area contributed by atoms with Crippen LogP contribution in [0.15, 0.2) is 65.8 Å². The predicted molar refractivity (Wildman–Crippen MR) is 109 cm³/mol. The minimum Gasteiger partial charge on any atom is -0.330 e. The largest absolute Gasteiger partial charge is 0.330 e. The first-order valence-electron chi connectivity index (χ1n) is 9.69. The summed E-state index contributed by atoms with van der Waals surface area (Å²) >= 11 is 0. The van der Waals surface area contributed by atoms with E-state index in [1.807, 2.05) is 36.5 Å². The van der Waals surface area contributed by atoms with E-state index in [1.165, 1.54) is 4.31 Å². The monoisotopic (exact) mass is 432 g/mol. The Bertz CT molecular complexity index is 1110. The minimum absolute atomic E-state index is 0.230. The molecular weight excluding hydrogens is 410 g/mol. The molecule has 1 saturated heterocycles. The van der Waals surface area contributed by atoms with Crippen LogP contribution >= 0.6 is 0 Å². The number of hydrogen-bond acceptors (Lipinski definition) is 4. The van der Waals surface area contributed by atoms with Gasteiger partial charge in [0.2, 0.25) is 10.0 Å². The van der Waals surface area contributed by atoms with Crippen LogP contribution in [0.3, 0.4) is 0 Å². The lowest BCUT2D eigenvalue weighted by atomic mass is 10.2. The second-order valence-corrected chi connectivity index (χ2v) is 9.04. The molecule has 0 spiro atoms. The van der Waals surface area contributed by atoms with E-state index in [9.17, 15) is 17.2 Å². The average molecular weight is 432 g/mol. The molecule has 1 aliphatic rings. The van der Waals surface area contributed by atoms with Crippen molar-refractivity contribution in [1.82, 2.24) is 18.8 Å². The van der Waals surface area contributed by atoms with Crippen LogP contribution in [0.4, 0.5) is 8.78 Å². The fourth-order valence-electron chi connectivity index (χ4n) is 3.59. The Balaban J connectivity index is 1.37. The number of hydrogen-bond donors (Lipinski definition) is 0. The first-order chi connectivity index (χ1) is 14.4. The maximum atomic E-state index is 14.0. The van der Waals surface area contributed by atoms with Gasteiger partial charge in [0.25, 0.3) is 0 Å². The molecule has 0 radical (unpaired) electrons. The number of aromatic nitrogens is 2. The summed E-state index contributed by atoms with van der Waals surface area (Å²) in [5, 5.41) is 0. The molecule has 0 amide bonds. The Morgan fingerprint density at radius 1 is 0.933 bits per heavy atom. The van der Waals surface area contributed by atoms with Crippen LogP contribution in [0.1, 0.15) is 0 Å². The Kier molecular flexibility index (Phi) is 5.94.